The van der Waals surface area contributed by atoms with Gasteiger partial charge in [0.2, 0.25) is 5.95 Å². The van der Waals surface area contributed by atoms with Crippen LogP contribution in [0.15, 0.2) is 242 Å². The Hall–Kier alpha value is -8.34. The van der Waals surface area contributed by atoms with Crippen molar-refractivity contribution in [2.24, 2.45) is 0 Å². The Morgan fingerprint density at radius 3 is 1.62 bits per heavy atom. The molecule has 0 spiro atoms. The summed E-state index contributed by atoms with van der Waals surface area (Å²) in [6.07, 6.45) is 6.26. The first kappa shape index (κ1) is 37.4. The van der Waals surface area contributed by atoms with Crippen molar-refractivity contribution in [2.45, 2.75) is 0 Å². The Morgan fingerprint density at radius 1 is 0.484 bits per heavy atom. The van der Waals surface area contributed by atoms with Crippen LogP contribution < -0.4 is 14.6 Å². The summed E-state index contributed by atoms with van der Waals surface area (Å²) < 4.78 is 22.6. The highest BCUT2D eigenvalue weighted by atomic mass is 31.2. The van der Waals surface area contributed by atoms with Crippen LogP contribution in [0.2, 0.25) is 0 Å². The SMILES string of the molecule is O=P1(c2ccccc2)N(c2ccccc2)C2=C=CC=C(c3cc4c(c5ccccc35)c3ccccc3n4-c3nc(-c4ccccc4)nc(-c4ccccc4)n3)C=C2N1c1ccccc1. The molecule has 0 amide bonds. The zero-order valence-corrected chi connectivity index (χ0v) is 35.3. The minimum Gasteiger partial charge on any atom is -0.278 e. The van der Waals surface area contributed by atoms with Crippen molar-refractivity contribution in [1.82, 2.24) is 19.5 Å². The fourth-order valence-electron chi connectivity index (χ4n) is 9.17. The van der Waals surface area contributed by atoms with Crippen molar-refractivity contribution < 1.29 is 4.57 Å². The van der Waals surface area contributed by atoms with E-state index in [0.29, 0.717) is 17.6 Å². The summed E-state index contributed by atoms with van der Waals surface area (Å²) in [5.74, 6) is 1.69. The Labute approximate surface area is 370 Å². The number of para-hydroxylation sites is 3. The lowest BCUT2D eigenvalue weighted by molar-refractivity contribution is 0.582. The average Bonchev–Trinajstić information content (AvgIpc) is 3.73. The first-order chi connectivity index (χ1) is 31.6. The molecule has 8 heteroatoms. The van der Waals surface area contributed by atoms with E-state index in [9.17, 15) is 0 Å². The van der Waals surface area contributed by atoms with Crippen LogP contribution in [0.4, 0.5) is 11.4 Å². The second-order valence-corrected chi connectivity index (χ2v) is 18.1. The first-order valence-corrected chi connectivity index (χ1v) is 22.8. The molecule has 8 aromatic carbocycles. The average molecular weight is 841 g/mol. The van der Waals surface area contributed by atoms with E-state index in [4.69, 9.17) is 15.0 Å². The Bertz CT molecular complexity index is 3560. The molecule has 2 aliphatic rings. The molecule has 0 N–H and O–H groups in total. The molecule has 0 radical (unpaired) electrons. The zero-order chi connectivity index (χ0) is 42.6. The van der Waals surface area contributed by atoms with E-state index in [0.717, 1.165) is 82.9 Å². The summed E-state index contributed by atoms with van der Waals surface area (Å²) in [4.78, 5) is 15.5. The van der Waals surface area contributed by atoms with Gasteiger partial charge in [-0.1, -0.05) is 163 Å². The number of anilines is 2. The van der Waals surface area contributed by atoms with Crippen LogP contribution >= 0.6 is 7.44 Å². The van der Waals surface area contributed by atoms with Crippen molar-refractivity contribution >= 4 is 62.3 Å². The van der Waals surface area contributed by atoms with Crippen LogP contribution in [0.25, 0.3) is 66.9 Å². The summed E-state index contributed by atoms with van der Waals surface area (Å²) in [5, 5.41) is 5.09. The van der Waals surface area contributed by atoms with E-state index >= 15 is 4.57 Å². The van der Waals surface area contributed by atoms with Gasteiger partial charge in [-0.05, 0) is 88.7 Å². The lowest BCUT2D eigenvalue weighted by atomic mass is 9.94. The van der Waals surface area contributed by atoms with Crippen LogP contribution in [0.5, 0.6) is 0 Å². The number of fused-ring (bicyclic) bond motifs is 6. The van der Waals surface area contributed by atoms with Gasteiger partial charge in [-0.2, -0.15) is 9.97 Å². The van der Waals surface area contributed by atoms with Crippen LogP contribution in [-0.4, -0.2) is 19.5 Å². The molecule has 1 saturated heterocycles. The Morgan fingerprint density at radius 2 is 1.00 bits per heavy atom. The molecule has 64 heavy (non-hydrogen) atoms. The number of nitrogens with zero attached hydrogens (tertiary/aromatic N) is 6. The molecule has 3 heterocycles. The number of hydrogen-bond acceptors (Lipinski definition) is 4. The number of hydrogen-bond donors (Lipinski definition) is 0. The predicted octanol–water partition coefficient (Wildman–Crippen LogP) is 13.3. The smallest absolute Gasteiger partial charge is 0.278 e. The van der Waals surface area contributed by atoms with Crippen molar-refractivity contribution in [3.8, 4) is 28.7 Å². The molecular formula is C56H37N6OP. The van der Waals surface area contributed by atoms with Gasteiger partial charge in [0.05, 0.1) is 27.7 Å². The third-order valence-corrected chi connectivity index (χ3v) is 14.9. The quantitative estimate of drug-likeness (QED) is 0.118. The summed E-state index contributed by atoms with van der Waals surface area (Å²) in [6, 6.07) is 69.3. The van der Waals surface area contributed by atoms with E-state index in [1.807, 2.05) is 167 Å². The molecule has 7 nitrogen and oxygen atoms in total. The highest BCUT2D eigenvalue weighted by Crippen LogP contribution is 2.66. The third-order valence-electron chi connectivity index (χ3n) is 12.0. The Balaban J connectivity index is 1.13. The molecule has 0 bridgehead atoms. The van der Waals surface area contributed by atoms with Gasteiger partial charge in [0.15, 0.2) is 11.6 Å². The fraction of sp³-hybridized carbons (Fsp3) is 0. The number of benzene rings is 8. The van der Waals surface area contributed by atoms with Crippen LogP contribution in [0.1, 0.15) is 5.56 Å². The lowest BCUT2D eigenvalue weighted by Crippen LogP contribution is -2.26. The molecule has 12 rings (SSSR count). The topological polar surface area (TPSA) is 67.2 Å². The van der Waals surface area contributed by atoms with Gasteiger partial charge in [0, 0.05) is 27.6 Å². The standard InChI is InChI=1S/C56H37N6OP/c63-64(44-30-14-5-15-31-44)61(42-26-10-3-11-27-42)50-36-20-25-41(37-51(50)62(64)43-28-12-4-13-29-43)48-38-52-53(46-33-17-16-32-45(46)48)47-34-18-19-35-49(47)60(52)56-58-54(39-21-6-1-7-22-39)57-55(59-56)40-23-8-2-9-24-40/h1-35,37-38H. The summed E-state index contributed by atoms with van der Waals surface area (Å²) in [5.41, 5.74) is 12.4. The van der Waals surface area contributed by atoms with Crippen LogP contribution in [-0.2, 0) is 4.57 Å². The summed E-state index contributed by atoms with van der Waals surface area (Å²) in [6.45, 7) is 0. The molecule has 1 aliphatic heterocycles. The van der Waals surface area contributed by atoms with Gasteiger partial charge in [-0.3, -0.25) is 18.5 Å². The maximum absolute atomic E-state index is 16.4. The minimum absolute atomic E-state index is 0.519. The van der Waals surface area contributed by atoms with Gasteiger partial charge in [-0.25, -0.2) is 4.98 Å². The van der Waals surface area contributed by atoms with Crippen molar-refractivity contribution in [3.05, 3.63) is 247 Å². The van der Waals surface area contributed by atoms with Gasteiger partial charge in [0.25, 0.3) is 0 Å². The second-order valence-electron chi connectivity index (χ2n) is 15.7. The van der Waals surface area contributed by atoms with Gasteiger partial charge in [0.1, 0.15) is 5.70 Å². The minimum atomic E-state index is -3.62. The monoisotopic (exact) mass is 840 g/mol. The highest BCUT2D eigenvalue weighted by Gasteiger charge is 2.51. The Kier molecular flexibility index (Phi) is 8.91. The molecule has 0 saturated carbocycles. The predicted molar refractivity (Wildman–Crippen MR) is 262 cm³/mol. The molecule has 2 aromatic heterocycles. The van der Waals surface area contributed by atoms with E-state index < -0.39 is 7.44 Å². The zero-order valence-electron chi connectivity index (χ0n) is 34.4. The third kappa shape index (κ3) is 5.99. The van der Waals surface area contributed by atoms with E-state index in [1.165, 1.54) is 0 Å². The molecule has 10 aromatic rings. The van der Waals surface area contributed by atoms with E-state index in [1.54, 1.807) is 0 Å². The lowest BCUT2D eigenvalue weighted by Gasteiger charge is -2.32. The largest absolute Gasteiger partial charge is 0.302 e. The van der Waals surface area contributed by atoms with Crippen molar-refractivity contribution in [3.63, 3.8) is 0 Å². The second kappa shape index (κ2) is 15.2. The molecule has 1 aliphatic carbocycles. The number of rotatable bonds is 7. The summed E-state index contributed by atoms with van der Waals surface area (Å²) in [7, 11) is -3.62. The molecule has 1 unspecified atom stereocenters. The number of aromatic nitrogens is 4. The molecule has 302 valence electrons. The van der Waals surface area contributed by atoms with Crippen LogP contribution in [0.3, 0.4) is 0 Å². The molecule has 1 fully saturated rings. The fourth-order valence-corrected chi connectivity index (χ4v) is 12.1. The van der Waals surface area contributed by atoms with E-state index in [-0.39, 0.29) is 0 Å². The maximum atomic E-state index is 16.4. The van der Waals surface area contributed by atoms with Crippen molar-refractivity contribution in [2.75, 3.05) is 9.34 Å². The summed E-state index contributed by atoms with van der Waals surface area (Å²) >= 11 is 0. The molecule has 1 atom stereocenters. The first-order valence-electron chi connectivity index (χ1n) is 21.2. The number of allylic oxidation sites excluding steroid dienone is 3. The van der Waals surface area contributed by atoms with Crippen LogP contribution in [0, 0.1) is 0 Å². The maximum Gasteiger partial charge on any atom is 0.302 e. The highest BCUT2D eigenvalue weighted by molar-refractivity contribution is 7.75. The normalized spacial score (nSPS) is 15.8. The van der Waals surface area contributed by atoms with Gasteiger partial charge in [-0.15, -0.1) is 0 Å². The van der Waals surface area contributed by atoms with Crippen molar-refractivity contribution in [1.29, 1.82) is 0 Å². The van der Waals surface area contributed by atoms with Gasteiger partial charge >= 0.3 is 7.44 Å². The van der Waals surface area contributed by atoms with Gasteiger partial charge < -0.3 is 0 Å². The van der Waals surface area contributed by atoms with E-state index in [2.05, 4.69) is 77.0 Å². The molecular weight excluding hydrogens is 804 g/mol.